The number of methoxy groups -OCH3 is 1. The van der Waals surface area contributed by atoms with Crippen LogP contribution < -0.4 is 15.4 Å². The maximum atomic E-state index is 5.97. The van der Waals surface area contributed by atoms with E-state index in [4.69, 9.17) is 10.5 Å². The van der Waals surface area contributed by atoms with Crippen LogP contribution in [0.1, 0.15) is 13.8 Å². The molecular formula is C12H18N2O. The molecule has 0 atom stereocenters. The molecule has 2 N–H and O–H groups in total. The molecule has 1 saturated heterocycles. The topological polar surface area (TPSA) is 38.5 Å². The molecule has 1 fully saturated rings. The fraction of sp³-hybridized carbons (Fsp3) is 0.500. The highest BCUT2D eigenvalue weighted by Crippen LogP contribution is 2.37. The van der Waals surface area contributed by atoms with Crippen molar-refractivity contribution in [3.8, 4) is 5.75 Å². The van der Waals surface area contributed by atoms with Crippen molar-refractivity contribution in [2.45, 2.75) is 13.8 Å². The van der Waals surface area contributed by atoms with E-state index in [1.807, 2.05) is 18.2 Å². The highest BCUT2D eigenvalue weighted by Gasteiger charge is 2.34. The largest absolute Gasteiger partial charge is 0.497 e. The number of hydrogen-bond acceptors (Lipinski definition) is 3. The van der Waals surface area contributed by atoms with Crippen LogP contribution in [0, 0.1) is 5.41 Å². The molecule has 15 heavy (non-hydrogen) atoms. The normalized spacial score (nSPS) is 18.5. The summed E-state index contributed by atoms with van der Waals surface area (Å²) in [6, 6.07) is 5.86. The number of hydrogen-bond donors (Lipinski definition) is 1. The summed E-state index contributed by atoms with van der Waals surface area (Å²) in [4.78, 5) is 2.30. The summed E-state index contributed by atoms with van der Waals surface area (Å²) >= 11 is 0. The lowest BCUT2D eigenvalue weighted by Crippen LogP contribution is -2.53. The number of ether oxygens (including phenoxy) is 1. The van der Waals surface area contributed by atoms with Gasteiger partial charge in [0.25, 0.3) is 0 Å². The van der Waals surface area contributed by atoms with Gasteiger partial charge in [0.15, 0.2) is 0 Å². The lowest BCUT2D eigenvalue weighted by Gasteiger charge is -2.47. The van der Waals surface area contributed by atoms with E-state index in [9.17, 15) is 0 Å². The monoisotopic (exact) mass is 206 g/mol. The molecule has 1 aromatic carbocycles. The lowest BCUT2D eigenvalue weighted by molar-refractivity contribution is 0.277. The first-order valence-electron chi connectivity index (χ1n) is 5.20. The van der Waals surface area contributed by atoms with Crippen molar-refractivity contribution < 1.29 is 4.74 Å². The maximum absolute atomic E-state index is 5.97. The van der Waals surface area contributed by atoms with Gasteiger partial charge in [0.05, 0.1) is 18.5 Å². The van der Waals surface area contributed by atoms with Gasteiger partial charge in [0, 0.05) is 19.2 Å². The average molecular weight is 206 g/mol. The van der Waals surface area contributed by atoms with Crippen LogP contribution in [-0.4, -0.2) is 20.2 Å². The van der Waals surface area contributed by atoms with E-state index < -0.39 is 0 Å². The first kappa shape index (κ1) is 10.1. The summed E-state index contributed by atoms with van der Waals surface area (Å²) in [5.41, 5.74) is 8.31. The van der Waals surface area contributed by atoms with Gasteiger partial charge in [0.2, 0.25) is 0 Å². The van der Waals surface area contributed by atoms with Crippen LogP contribution in [0.15, 0.2) is 18.2 Å². The van der Waals surface area contributed by atoms with Gasteiger partial charge >= 0.3 is 0 Å². The lowest BCUT2D eigenvalue weighted by atomic mass is 9.84. The van der Waals surface area contributed by atoms with E-state index in [0.717, 1.165) is 30.2 Å². The zero-order valence-corrected chi connectivity index (χ0v) is 9.58. The molecule has 82 valence electrons. The molecule has 0 aromatic heterocycles. The first-order valence-corrected chi connectivity index (χ1v) is 5.20. The summed E-state index contributed by atoms with van der Waals surface area (Å²) in [7, 11) is 1.65. The highest BCUT2D eigenvalue weighted by molar-refractivity contribution is 5.70. The second-order valence-corrected chi connectivity index (χ2v) is 4.95. The molecule has 1 aliphatic heterocycles. The second kappa shape index (κ2) is 3.33. The fourth-order valence-electron chi connectivity index (χ4n) is 2.10. The summed E-state index contributed by atoms with van der Waals surface area (Å²) in [5, 5.41) is 0. The van der Waals surface area contributed by atoms with Crippen molar-refractivity contribution in [2.75, 3.05) is 30.8 Å². The van der Waals surface area contributed by atoms with Gasteiger partial charge in [0.1, 0.15) is 5.75 Å². The Balaban J connectivity index is 2.17. The van der Waals surface area contributed by atoms with Gasteiger partial charge in [-0.1, -0.05) is 13.8 Å². The van der Waals surface area contributed by atoms with E-state index in [1.54, 1.807) is 7.11 Å². The Bertz CT molecular complexity index is 366. The van der Waals surface area contributed by atoms with Crippen molar-refractivity contribution >= 4 is 11.4 Å². The third kappa shape index (κ3) is 1.87. The second-order valence-electron chi connectivity index (χ2n) is 4.95. The predicted octanol–water partition coefficient (Wildman–Crippen LogP) is 2.12. The number of benzene rings is 1. The molecular weight excluding hydrogens is 188 g/mol. The SMILES string of the molecule is COc1ccc(N2CC(C)(C)C2)c(N)c1. The molecule has 1 aromatic rings. The Morgan fingerprint density at radius 3 is 2.47 bits per heavy atom. The highest BCUT2D eigenvalue weighted by atomic mass is 16.5. The van der Waals surface area contributed by atoms with Gasteiger partial charge in [-0.15, -0.1) is 0 Å². The minimum Gasteiger partial charge on any atom is -0.497 e. The molecule has 1 heterocycles. The summed E-state index contributed by atoms with van der Waals surface area (Å²) in [6.45, 7) is 6.68. The Kier molecular flexibility index (Phi) is 2.25. The maximum Gasteiger partial charge on any atom is 0.121 e. The minimum absolute atomic E-state index is 0.423. The van der Waals surface area contributed by atoms with Crippen molar-refractivity contribution in [3.63, 3.8) is 0 Å². The van der Waals surface area contributed by atoms with Crippen molar-refractivity contribution in [1.29, 1.82) is 0 Å². The Labute approximate surface area is 90.8 Å². The quantitative estimate of drug-likeness (QED) is 0.753. The molecule has 0 saturated carbocycles. The number of rotatable bonds is 2. The van der Waals surface area contributed by atoms with E-state index in [1.165, 1.54) is 0 Å². The standard InChI is InChI=1S/C12H18N2O/c1-12(2)7-14(8-12)11-5-4-9(15-3)6-10(11)13/h4-6H,7-8,13H2,1-3H3. The molecule has 0 unspecified atom stereocenters. The van der Waals surface area contributed by atoms with Crippen LogP contribution >= 0.6 is 0 Å². The van der Waals surface area contributed by atoms with E-state index in [0.29, 0.717) is 5.41 Å². The van der Waals surface area contributed by atoms with E-state index >= 15 is 0 Å². The molecule has 0 bridgehead atoms. The van der Waals surface area contributed by atoms with Crippen molar-refractivity contribution in [3.05, 3.63) is 18.2 Å². The summed E-state index contributed by atoms with van der Waals surface area (Å²) in [6.07, 6.45) is 0. The minimum atomic E-state index is 0.423. The molecule has 0 radical (unpaired) electrons. The summed E-state index contributed by atoms with van der Waals surface area (Å²) in [5.74, 6) is 0.816. The third-order valence-electron chi connectivity index (χ3n) is 2.81. The third-order valence-corrected chi connectivity index (χ3v) is 2.81. The number of nitrogens with two attached hydrogens (primary N) is 1. The molecule has 3 heteroatoms. The van der Waals surface area contributed by atoms with Crippen LogP contribution in [0.5, 0.6) is 5.75 Å². The van der Waals surface area contributed by atoms with Crippen LogP contribution in [0.25, 0.3) is 0 Å². The number of nitrogens with zero attached hydrogens (tertiary/aromatic N) is 1. The van der Waals surface area contributed by atoms with Gasteiger partial charge in [-0.05, 0) is 17.5 Å². The van der Waals surface area contributed by atoms with Crippen LogP contribution in [-0.2, 0) is 0 Å². The van der Waals surface area contributed by atoms with Gasteiger partial charge in [-0.3, -0.25) is 0 Å². The van der Waals surface area contributed by atoms with Gasteiger partial charge < -0.3 is 15.4 Å². The summed E-state index contributed by atoms with van der Waals surface area (Å²) < 4.78 is 5.12. The smallest absolute Gasteiger partial charge is 0.121 e. The first-order chi connectivity index (χ1) is 7.02. The van der Waals surface area contributed by atoms with E-state index in [-0.39, 0.29) is 0 Å². The Morgan fingerprint density at radius 2 is 2.00 bits per heavy atom. The van der Waals surface area contributed by atoms with Crippen LogP contribution in [0.2, 0.25) is 0 Å². The molecule has 0 aliphatic carbocycles. The van der Waals surface area contributed by atoms with Crippen LogP contribution in [0.3, 0.4) is 0 Å². The average Bonchev–Trinajstić information content (AvgIpc) is 2.14. The number of nitrogen functional groups attached to an aromatic ring is 1. The Morgan fingerprint density at radius 1 is 1.33 bits per heavy atom. The fourth-order valence-corrected chi connectivity index (χ4v) is 2.10. The molecule has 3 nitrogen and oxygen atoms in total. The van der Waals surface area contributed by atoms with Crippen molar-refractivity contribution in [2.24, 2.45) is 5.41 Å². The van der Waals surface area contributed by atoms with E-state index in [2.05, 4.69) is 18.7 Å². The van der Waals surface area contributed by atoms with Crippen molar-refractivity contribution in [1.82, 2.24) is 0 Å². The Hall–Kier alpha value is -1.38. The zero-order chi connectivity index (χ0) is 11.1. The molecule has 2 rings (SSSR count). The molecule has 0 spiro atoms. The molecule has 1 aliphatic rings. The predicted molar refractivity (Wildman–Crippen MR) is 63.4 cm³/mol. The van der Waals surface area contributed by atoms with Crippen LogP contribution in [0.4, 0.5) is 11.4 Å². The number of anilines is 2. The molecule has 0 amide bonds. The van der Waals surface area contributed by atoms with Gasteiger partial charge in [-0.2, -0.15) is 0 Å². The zero-order valence-electron chi connectivity index (χ0n) is 9.58. The van der Waals surface area contributed by atoms with Gasteiger partial charge in [-0.25, -0.2) is 0 Å².